The van der Waals surface area contributed by atoms with Crippen molar-refractivity contribution in [2.75, 3.05) is 0 Å². The molecule has 0 unspecified atom stereocenters. The molecule has 0 aliphatic heterocycles. The second-order valence-electron chi connectivity index (χ2n) is 2.12. The lowest BCUT2D eigenvalue weighted by Crippen LogP contribution is -1.92. The van der Waals surface area contributed by atoms with Gasteiger partial charge in [-0.05, 0) is 6.92 Å². The molecule has 3 nitrogen and oxygen atoms in total. The minimum absolute atomic E-state index is 0.176. The molecule has 0 atom stereocenters. The van der Waals surface area contributed by atoms with Crippen LogP contribution in [-0.2, 0) is 9.59 Å². The number of carbonyl (C=O) groups is 2. The predicted octanol–water partition coefficient (Wildman–Crippen LogP) is 0.996. The summed E-state index contributed by atoms with van der Waals surface area (Å²) < 4.78 is 0. The fourth-order valence-electron chi connectivity index (χ4n) is 0.0510. The van der Waals surface area contributed by atoms with Gasteiger partial charge in [0, 0.05) is 18.4 Å². The molecule has 0 spiro atoms. The van der Waals surface area contributed by atoms with Crippen LogP contribution in [0.2, 0.25) is 0 Å². The van der Waals surface area contributed by atoms with Gasteiger partial charge in [-0.1, -0.05) is 6.58 Å². The van der Waals surface area contributed by atoms with E-state index in [0.717, 1.165) is 12.8 Å². The molecule has 0 heterocycles. The summed E-state index contributed by atoms with van der Waals surface area (Å²) in [5.41, 5.74) is 0.176. The quantitative estimate of drug-likeness (QED) is 0.555. The van der Waals surface area contributed by atoms with Crippen LogP contribution in [0.25, 0.3) is 0 Å². The van der Waals surface area contributed by atoms with Gasteiger partial charge < -0.3 is 5.11 Å². The van der Waals surface area contributed by atoms with Crippen molar-refractivity contribution in [3.8, 4) is 0 Å². The topological polar surface area (TPSA) is 54.4 Å². The molecule has 1 N–H and O–H groups in total. The fourth-order valence-corrected chi connectivity index (χ4v) is 0.0510. The first-order valence-electron chi connectivity index (χ1n) is 2.94. The molecule has 1 aliphatic rings. The number of carboxylic acids is 1. The molecular formula is C7H10O3. The highest BCUT2D eigenvalue weighted by atomic mass is 16.4. The van der Waals surface area contributed by atoms with Crippen molar-refractivity contribution in [1.29, 1.82) is 0 Å². The van der Waals surface area contributed by atoms with E-state index < -0.39 is 5.97 Å². The zero-order valence-corrected chi connectivity index (χ0v) is 5.89. The molecule has 1 fully saturated rings. The Balaban J connectivity index is 0.000000172. The second-order valence-corrected chi connectivity index (χ2v) is 2.12. The Hall–Kier alpha value is -1.12. The Morgan fingerprint density at radius 3 is 1.80 bits per heavy atom. The second kappa shape index (κ2) is 3.82. The summed E-state index contributed by atoms with van der Waals surface area (Å²) in [6.07, 6.45) is 1.69. The Bertz CT molecular complexity index is 152. The molecule has 56 valence electrons. The van der Waals surface area contributed by atoms with Crippen molar-refractivity contribution >= 4 is 11.8 Å². The summed E-state index contributed by atoms with van der Waals surface area (Å²) in [5.74, 6) is -0.519. The fraction of sp³-hybridized carbons (Fsp3) is 0.429. The molecule has 10 heavy (non-hydrogen) atoms. The molecule has 0 aromatic carbocycles. The number of hydrogen-bond donors (Lipinski definition) is 1. The maximum Gasteiger partial charge on any atom is 0.330 e. The Morgan fingerprint density at radius 2 is 1.80 bits per heavy atom. The average Bonchev–Trinajstić information content (AvgIpc) is 2.52. The van der Waals surface area contributed by atoms with Gasteiger partial charge in [-0.25, -0.2) is 4.79 Å². The summed E-state index contributed by atoms with van der Waals surface area (Å²) in [5, 5.41) is 7.89. The van der Waals surface area contributed by atoms with E-state index in [1.54, 1.807) is 0 Å². The SMILES string of the molecule is C=C(C)C(=O)O.O=C1CC1. The van der Waals surface area contributed by atoms with Crippen molar-refractivity contribution in [2.45, 2.75) is 19.8 Å². The summed E-state index contributed by atoms with van der Waals surface area (Å²) in [6.45, 7) is 4.60. The molecule has 3 heteroatoms. The molecular weight excluding hydrogens is 132 g/mol. The molecule has 0 amide bonds. The standard InChI is InChI=1S/C4H6O2.C3H4O/c1-3(2)4(5)6;4-3-1-2-3/h1H2,2H3,(H,5,6);1-2H2. The third-order valence-corrected chi connectivity index (χ3v) is 0.819. The van der Waals surface area contributed by atoms with E-state index in [1.807, 2.05) is 0 Å². The van der Waals surface area contributed by atoms with E-state index >= 15 is 0 Å². The van der Waals surface area contributed by atoms with Crippen molar-refractivity contribution in [3.63, 3.8) is 0 Å². The van der Waals surface area contributed by atoms with Gasteiger partial charge in [0.15, 0.2) is 0 Å². The van der Waals surface area contributed by atoms with Gasteiger partial charge in [0.25, 0.3) is 0 Å². The maximum absolute atomic E-state index is 9.60. The number of hydrogen-bond acceptors (Lipinski definition) is 2. The summed E-state index contributed by atoms with van der Waals surface area (Å²) in [7, 11) is 0. The molecule has 0 aromatic heterocycles. The van der Waals surface area contributed by atoms with Crippen LogP contribution < -0.4 is 0 Å². The number of aliphatic carboxylic acids is 1. The first kappa shape index (κ1) is 8.88. The summed E-state index contributed by atoms with van der Waals surface area (Å²) in [4.78, 5) is 19.2. The van der Waals surface area contributed by atoms with Crippen LogP contribution in [0, 0.1) is 0 Å². The van der Waals surface area contributed by atoms with Gasteiger partial charge in [0.1, 0.15) is 5.78 Å². The number of carboxylic acid groups (broad SMARTS) is 1. The monoisotopic (exact) mass is 142 g/mol. The zero-order valence-electron chi connectivity index (χ0n) is 5.89. The van der Waals surface area contributed by atoms with E-state index in [2.05, 4.69) is 6.58 Å². The number of carbonyl (C=O) groups excluding carboxylic acids is 1. The van der Waals surface area contributed by atoms with Crippen molar-refractivity contribution < 1.29 is 14.7 Å². The summed E-state index contributed by atoms with van der Waals surface area (Å²) in [6, 6.07) is 0. The lowest BCUT2D eigenvalue weighted by Gasteiger charge is -1.79. The van der Waals surface area contributed by atoms with Gasteiger partial charge in [-0.15, -0.1) is 0 Å². The molecule has 1 saturated carbocycles. The largest absolute Gasteiger partial charge is 0.478 e. The highest BCUT2D eigenvalue weighted by Gasteiger charge is 2.13. The van der Waals surface area contributed by atoms with Crippen LogP contribution in [0.15, 0.2) is 12.2 Å². The number of rotatable bonds is 1. The van der Waals surface area contributed by atoms with Crippen LogP contribution in [0.3, 0.4) is 0 Å². The van der Waals surface area contributed by atoms with Crippen molar-refractivity contribution in [2.24, 2.45) is 0 Å². The van der Waals surface area contributed by atoms with Crippen LogP contribution in [-0.4, -0.2) is 16.9 Å². The molecule has 0 aromatic rings. The summed E-state index contributed by atoms with van der Waals surface area (Å²) >= 11 is 0. The van der Waals surface area contributed by atoms with Crippen LogP contribution >= 0.6 is 0 Å². The highest BCUT2D eigenvalue weighted by Crippen LogP contribution is 2.08. The smallest absolute Gasteiger partial charge is 0.330 e. The molecule has 1 aliphatic carbocycles. The number of ketones is 1. The average molecular weight is 142 g/mol. The predicted molar refractivity (Wildman–Crippen MR) is 36.7 cm³/mol. The van der Waals surface area contributed by atoms with E-state index in [1.165, 1.54) is 6.92 Å². The minimum Gasteiger partial charge on any atom is -0.478 e. The Morgan fingerprint density at radius 1 is 1.60 bits per heavy atom. The minimum atomic E-state index is -0.935. The van der Waals surface area contributed by atoms with Gasteiger partial charge in [0.2, 0.25) is 0 Å². The Kier molecular flexibility index (Phi) is 3.39. The van der Waals surface area contributed by atoms with Crippen LogP contribution in [0.5, 0.6) is 0 Å². The van der Waals surface area contributed by atoms with Gasteiger partial charge >= 0.3 is 5.97 Å². The van der Waals surface area contributed by atoms with E-state index in [4.69, 9.17) is 5.11 Å². The first-order valence-corrected chi connectivity index (χ1v) is 2.94. The van der Waals surface area contributed by atoms with Gasteiger partial charge in [0.05, 0.1) is 0 Å². The van der Waals surface area contributed by atoms with E-state index in [0.29, 0.717) is 5.78 Å². The normalized spacial score (nSPS) is 13.1. The third-order valence-electron chi connectivity index (χ3n) is 0.819. The number of Topliss-reactive ketones (excluding diaryl/α,β-unsaturated/α-hetero) is 1. The highest BCUT2D eigenvalue weighted by molar-refractivity contribution is 5.92. The van der Waals surface area contributed by atoms with Gasteiger partial charge in [-0.2, -0.15) is 0 Å². The zero-order chi connectivity index (χ0) is 8.15. The van der Waals surface area contributed by atoms with E-state index in [-0.39, 0.29) is 5.57 Å². The van der Waals surface area contributed by atoms with Gasteiger partial charge in [-0.3, -0.25) is 4.79 Å². The lowest BCUT2D eigenvalue weighted by molar-refractivity contribution is -0.132. The van der Waals surface area contributed by atoms with Crippen LogP contribution in [0.4, 0.5) is 0 Å². The van der Waals surface area contributed by atoms with Crippen LogP contribution in [0.1, 0.15) is 19.8 Å². The molecule has 0 bridgehead atoms. The maximum atomic E-state index is 9.60. The third kappa shape index (κ3) is 6.88. The lowest BCUT2D eigenvalue weighted by atomic mass is 10.4. The van der Waals surface area contributed by atoms with E-state index in [9.17, 15) is 9.59 Å². The van der Waals surface area contributed by atoms with Crippen molar-refractivity contribution in [3.05, 3.63) is 12.2 Å². The Labute approximate surface area is 59.4 Å². The van der Waals surface area contributed by atoms with Crippen molar-refractivity contribution in [1.82, 2.24) is 0 Å². The molecule has 0 saturated heterocycles. The molecule has 0 radical (unpaired) electrons. The first-order chi connectivity index (χ1) is 4.54. The molecule has 1 rings (SSSR count).